The fraction of sp³-hybridized carbons (Fsp3) is 0.471. The van der Waals surface area contributed by atoms with Gasteiger partial charge in [0.2, 0.25) is 5.16 Å². The number of nitrogens with zero attached hydrogens (tertiary/aromatic N) is 4. The van der Waals surface area contributed by atoms with E-state index in [0.717, 1.165) is 17.4 Å². The van der Waals surface area contributed by atoms with E-state index < -0.39 is 0 Å². The van der Waals surface area contributed by atoms with Crippen LogP contribution in [0.25, 0.3) is 0 Å². The predicted molar refractivity (Wildman–Crippen MR) is 89.9 cm³/mol. The van der Waals surface area contributed by atoms with E-state index in [-0.39, 0.29) is 5.41 Å². The van der Waals surface area contributed by atoms with Crippen molar-refractivity contribution < 1.29 is 0 Å². The third-order valence-corrected chi connectivity index (χ3v) is 5.58. The third-order valence-electron chi connectivity index (χ3n) is 4.44. The Balaban J connectivity index is 1.88. The van der Waals surface area contributed by atoms with Gasteiger partial charge in [0, 0.05) is 11.0 Å². The summed E-state index contributed by atoms with van der Waals surface area (Å²) < 4.78 is 1.95. The van der Waals surface area contributed by atoms with Crippen LogP contribution < -0.4 is 0 Å². The van der Waals surface area contributed by atoms with Gasteiger partial charge in [0.25, 0.3) is 0 Å². The molecule has 1 atom stereocenters. The summed E-state index contributed by atoms with van der Waals surface area (Å²) in [7, 11) is 0. The van der Waals surface area contributed by atoms with Gasteiger partial charge in [-0.1, -0.05) is 38.6 Å². The van der Waals surface area contributed by atoms with Gasteiger partial charge in [-0.3, -0.25) is 0 Å². The van der Waals surface area contributed by atoms with Crippen LogP contribution in [0.3, 0.4) is 0 Å². The first kappa shape index (κ1) is 14.0. The van der Waals surface area contributed by atoms with Crippen LogP contribution in [0.5, 0.6) is 0 Å². The summed E-state index contributed by atoms with van der Waals surface area (Å²) in [6.07, 6.45) is 1.04. The summed E-state index contributed by atoms with van der Waals surface area (Å²) in [6.45, 7) is 10.8. The molecular formula is C17H20N4S. The Labute approximate surface area is 135 Å². The molecule has 4 nitrogen and oxygen atoms in total. The van der Waals surface area contributed by atoms with Crippen LogP contribution >= 0.6 is 11.8 Å². The Kier molecular flexibility index (Phi) is 2.83. The number of hydrogen-bond acceptors (Lipinski definition) is 4. The fourth-order valence-electron chi connectivity index (χ4n) is 3.10. The lowest BCUT2D eigenvalue weighted by Gasteiger charge is -2.21. The van der Waals surface area contributed by atoms with Gasteiger partial charge in [0.15, 0.2) is 5.82 Å². The summed E-state index contributed by atoms with van der Waals surface area (Å²) in [4.78, 5) is 0. The van der Waals surface area contributed by atoms with Crippen molar-refractivity contribution >= 4 is 17.5 Å². The zero-order valence-electron chi connectivity index (χ0n) is 13.6. The van der Waals surface area contributed by atoms with E-state index in [4.69, 9.17) is 5.10 Å². The fourth-order valence-corrected chi connectivity index (χ4v) is 4.22. The molecular weight excluding hydrogens is 292 g/mol. The van der Waals surface area contributed by atoms with Gasteiger partial charge in [0.05, 0.1) is 11.0 Å². The van der Waals surface area contributed by atoms with E-state index >= 15 is 0 Å². The molecule has 1 aromatic carbocycles. The molecule has 0 bridgehead atoms. The molecule has 0 N–H and O–H groups in total. The standard InChI is InChI=1S/C17H20N4S/c1-9-6-11-8-13-14(12(11)7-10(9)2)20-21-15(17(3,4)5)18-19-16(21)22-13/h6-7,13H,8H2,1-5H3. The van der Waals surface area contributed by atoms with Crippen molar-refractivity contribution in [3.63, 3.8) is 0 Å². The lowest BCUT2D eigenvalue weighted by atomic mass is 9.96. The van der Waals surface area contributed by atoms with Crippen molar-refractivity contribution in [2.75, 3.05) is 0 Å². The van der Waals surface area contributed by atoms with Gasteiger partial charge in [-0.25, -0.2) is 0 Å². The maximum absolute atomic E-state index is 4.93. The summed E-state index contributed by atoms with van der Waals surface area (Å²) in [5.41, 5.74) is 6.53. The Morgan fingerprint density at radius 1 is 1.14 bits per heavy atom. The molecule has 0 radical (unpaired) electrons. The lowest BCUT2D eigenvalue weighted by Crippen LogP contribution is -2.24. The zero-order chi connectivity index (χ0) is 15.6. The number of fused-ring (bicyclic) bond motifs is 4. The molecule has 0 spiro atoms. The van der Waals surface area contributed by atoms with Gasteiger partial charge in [0.1, 0.15) is 0 Å². The van der Waals surface area contributed by atoms with E-state index in [2.05, 4.69) is 56.9 Å². The largest absolute Gasteiger partial charge is 0.212 e. The minimum Gasteiger partial charge on any atom is -0.191 e. The molecule has 2 aromatic rings. The Hall–Kier alpha value is -1.62. The number of hydrogen-bond donors (Lipinski definition) is 0. The predicted octanol–water partition coefficient (Wildman–Crippen LogP) is 3.48. The van der Waals surface area contributed by atoms with Crippen LogP contribution in [0.2, 0.25) is 0 Å². The van der Waals surface area contributed by atoms with Gasteiger partial charge in [-0.05, 0) is 43.0 Å². The Morgan fingerprint density at radius 2 is 1.86 bits per heavy atom. The number of rotatable bonds is 0. The number of benzene rings is 1. The van der Waals surface area contributed by atoms with Gasteiger partial charge >= 0.3 is 0 Å². The highest BCUT2D eigenvalue weighted by molar-refractivity contribution is 8.00. The normalized spacial score (nSPS) is 19.5. The second kappa shape index (κ2) is 4.44. The molecule has 5 heteroatoms. The van der Waals surface area contributed by atoms with Crippen LogP contribution in [-0.2, 0) is 11.8 Å². The molecule has 0 fully saturated rings. The highest BCUT2D eigenvalue weighted by Gasteiger charge is 2.36. The van der Waals surface area contributed by atoms with E-state index in [1.807, 2.05) is 4.68 Å². The van der Waals surface area contributed by atoms with Crippen molar-refractivity contribution in [2.24, 2.45) is 5.10 Å². The molecule has 1 aromatic heterocycles. The van der Waals surface area contributed by atoms with Crippen LogP contribution in [0.4, 0.5) is 0 Å². The third kappa shape index (κ3) is 1.95. The number of thioether (sulfide) groups is 1. The molecule has 0 saturated heterocycles. The van der Waals surface area contributed by atoms with Gasteiger partial charge in [-0.15, -0.1) is 10.2 Å². The van der Waals surface area contributed by atoms with Crippen molar-refractivity contribution in [1.82, 2.24) is 14.9 Å². The minimum absolute atomic E-state index is 0.0622. The summed E-state index contributed by atoms with van der Waals surface area (Å²) >= 11 is 1.79. The van der Waals surface area contributed by atoms with Crippen molar-refractivity contribution in [2.45, 2.75) is 56.9 Å². The van der Waals surface area contributed by atoms with Crippen LogP contribution in [-0.4, -0.2) is 25.8 Å². The molecule has 1 aliphatic heterocycles. The average molecular weight is 312 g/mol. The topological polar surface area (TPSA) is 43.1 Å². The van der Waals surface area contributed by atoms with E-state index in [1.165, 1.54) is 28.0 Å². The number of aromatic nitrogens is 3. The van der Waals surface area contributed by atoms with Crippen LogP contribution in [0, 0.1) is 13.8 Å². The van der Waals surface area contributed by atoms with E-state index in [9.17, 15) is 0 Å². The van der Waals surface area contributed by atoms with Crippen LogP contribution in [0.1, 0.15) is 48.8 Å². The van der Waals surface area contributed by atoms with Crippen molar-refractivity contribution in [3.05, 3.63) is 40.2 Å². The summed E-state index contributed by atoms with van der Waals surface area (Å²) in [5.74, 6) is 0.929. The van der Waals surface area contributed by atoms with Crippen molar-refractivity contribution in [3.8, 4) is 0 Å². The number of aryl methyl sites for hydroxylation is 2. The van der Waals surface area contributed by atoms with E-state index in [0.29, 0.717) is 5.25 Å². The SMILES string of the molecule is Cc1cc2c(cc1C)C1=Nn3c(nnc3C(C)(C)C)SC1C2. The quantitative estimate of drug-likeness (QED) is 0.748. The second-order valence-corrected chi connectivity index (χ2v) is 8.43. The van der Waals surface area contributed by atoms with Crippen LogP contribution in [0.15, 0.2) is 22.4 Å². The summed E-state index contributed by atoms with van der Waals surface area (Å²) in [6, 6.07) is 4.61. The molecule has 0 saturated carbocycles. The smallest absolute Gasteiger partial charge is 0.191 e. The molecule has 1 unspecified atom stereocenters. The molecule has 4 rings (SSSR count). The highest BCUT2D eigenvalue weighted by atomic mass is 32.2. The monoisotopic (exact) mass is 312 g/mol. The molecule has 2 aliphatic rings. The first-order valence-electron chi connectivity index (χ1n) is 7.66. The molecule has 114 valence electrons. The molecule has 1 aliphatic carbocycles. The minimum atomic E-state index is -0.0622. The second-order valence-electron chi connectivity index (χ2n) is 7.26. The molecule has 22 heavy (non-hydrogen) atoms. The summed E-state index contributed by atoms with van der Waals surface area (Å²) in [5, 5.41) is 14.9. The van der Waals surface area contributed by atoms with Gasteiger partial charge in [-0.2, -0.15) is 9.78 Å². The van der Waals surface area contributed by atoms with E-state index in [1.54, 1.807) is 11.8 Å². The van der Waals surface area contributed by atoms with Gasteiger partial charge < -0.3 is 0 Å². The highest BCUT2D eigenvalue weighted by Crippen LogP contribution is 2.39. The Morgan fingerprint density at radius 3 is 2.59 bits per heavy atom. The first-order chi connectivity index (χ1) is 10.3. The maximum Gasteiger partial charge on any atom is 0.212 e. The first-order valence-corrected chi connectivity index (χ1v) is 8.54. The Bertz CT molecular complexity index is 811. The molecule has 2 heterocycles. The zero-order valence-corrected chi connectivity index (χ0v) is 14.5. The lowest BCUT2D eigenvalue weighted by molar-refractivity contribution is 0.508. The van der Waals surface area contributed by atoms with Crippen molar-refractivity contribution in [1.29, 1.82) is 0 Å². The average Bonchev–Trinajstić information content (AvgIpc) is 2.97. The molecule has 0 amide bonds. The maximum atomic E-state index is 4.93.